The standard InChI is InChI=1S/C17H17NO6S2/c1-25(20,21)13-6-4-12(5-7-13)24-17-10-14-11(3-8-16(14)19)9-15(17)18-26(2,22)23/h4-7,9-10,18H,3,8H2,1-2H3. The van der Waals surface area contributed by atoms with Crippen LogP contribution in [0.3, 0.4) is 0 Å². The lowest BCUT2D eigenvalue weighted by Gasteiger charge is -2.14. The van der Waals surface area contributed by atoms with E-state index in [0.29, 0.717) is 24.2 Å². The Kier molecular flexibility index (Phi) is 4.53. The third kappa shape index (κ3) is 4.05. The van der Waals surface area contributed by atoms with Gasteiger partial charge in [0.05, 0.1) is 16.8 Å². The number of sulfone groups is 1. The van der Waals surface area contributed by atoms with Gasteiger partial charge < -0.3 is 4.74 Å². The summed E-state index contributed by atoms with van der Waals surface area (Å²) in [6, 6.07) is 8.84. The molecule has 0 aromatic heterocycles. The summed E-state index contributed by atoms with van der Waals surface area (Å²) in [5.41, 5.74) is 1.50. The van der Waals surface area contributed by atoms with Crippen molar-refractivity contribution in [3.63, 3.8) is 0 Å². The number of carbonyl (C=O) groups is 1. The van der Waals surface area contributed by atoms with Crippen LogP contribution >= 0.6 is 0 Å². The van der Waals surface area contributed by atoms with Gasteiger partial charge in [-0.05, 0) is 48.4 Å². The number of ketones is 1. The minimum absolute atomic E-state index is 0.0248. The van der Waals surface area contributed by atoms with Gasteiger partial charge in [0.1, 0.15) is 5.75 Å². The number of sulfonamides is 1. The molecular weight excluding hydrogens is 378 g/mol. The quantitative estimate of drug-likeness (QED) is 0.833. The molecule has 0 saturated heterocycles. The zero-order chi connectivity index (χ0) is 19.1. The zero-order valence-electron chi connectivity index (χ0n) is 14.1. The molecule has 0 fully saturated rings. The van der Waals surface area contributed by atoms with E-state index in [1.807, 2.05) is 0 Å². The zero-order valence-corrected chi connectivity index (χ0v) is 15.8. The van der Waals surface area contributed by atoms with Gasteiger partial charge in [0.15, 0.2) is 21.4 Å². The highest BCUT2D eigenvalue weighted by molar-refractivity contribution is 7.92. The molecule has 3 rings (SSSR count). The number of aryl methyl sites for hydroxylation is 1. The van der Waals surface area contributed by atoms with Crippen molar-refractivity contribution in [3.8, 4) is 11.5 Å². The third-order valence-electron chi connectivity index (χ3n) is 3.90. The maximum absolute atomic E-state index is 12.0. The first-order valence-corrected chi connectivity index (χ1v) is 11.5. The maximum Gasteiger partial charge on any atom is 0.229 e. The molecule has 0 radical (unpaired) electrons. The Morgan fingerprint density at radius 1 is 0.962 bits per heavy atom. The van der Waals surface area contributed by atoms with Crippen molar-refractivity contribution < 1.29 is 26.4 Å². The lowest BCUT2D eigenvalue weighted by Crippen LogP contribution is -2.11. The van der Waals surface area contributed by atoms with E-state index in [1.54, 1.807) is 6.07 Å². The van der Waals surface area contributed by atoms with Gasteiger partial charge in [0, 0.05) is 18.2 Å². The molecule has 9 heteroatoms. The second-order valence-electron chi connectivity index (χ2n) is 6.15. The Balaban J connectivity index is 2.00. The minimum Gasteiger partial charge on any atom is -0.455 e. The molecule has 2 aromatic carbocycles. The summed E-state index contributed by atoms with van der Waals surface area (Å²) in [5, 5.41) is 0. The highest BCUT2D eigenvalue weighted by Crippen LogP contribution is 2.36. The average Bonchev–Trinajstić information content (AvgIpc) is 2.86. The number of hydrogen-bond acceptors (Lipinski definition) is 6. The van der Waals surface area contributed by atoms with Gasteiger partial charge in [-0.15, -0.1) is 0 Å². The van der Waals surface area contributed by atoms with Gasteiger partial charge in [0.25, 0.3) is 0 Å². The summed E-state index contributed by atoms with van der Waals surface area (Å²) in [7, 11) is -6.88. The van der Waals surface area contributed by atoms with Crippen molar-refractivity contribution in [3.05, 3.63) is 47.5 Å². The van der Waals surface area contributed by atoms with Gasteiger partial charge in [-0.25, -0.2) is 16.8 Å². The number of nitrogens with one attached hydrogen (secondary N) is 1. The molecule has 0 atom stereocenters. The molecule has 138 valence electrons. The highest BCUT2D eigenvalue weighted by atomic mass is 32.2. The van der Waals surface area contributed by atoms with Crippen molar-refractivity contribution in [1.29, 1.82) is 0 Å². The first-order valence-electron chi connectivity index (χ1n) is 7.69. The van der Waals surface area contributed by atoms with Crippen LogP contribution in [-0.2, 0) is 26.3 Å². The van der Waals surface area contributed by atoms with Crippen LogP contribution in [-0.4, -0.2) is 35.1 Å². The van der Waals surface area contributed by atoms with Gasteiger partial charge in [-0.1, -0.05) is 0 Å². The molecule has 0 saturated carbocycles. The number of fused-ring (bicyclic) bond motifs is 1. The maximum atomic E-state index is 12.0. The summed E-state index contributed by atoms with van der Waals surface area (Å²) < 4.78 is 54.4. The second kappa shape index (κ2) is 6.40. The van der Waals surface area contributed by atoms with Gasteiger partial charge in [0.2, 0.25) is 10.0 Å². The third-order valence-corrected chi connectivity index (χ3v) is 5.62. The van der Waals surface area contributed by atoms with Crippen LogP contribution in [0.1, 0.15) is 22.3 Å². The highest BCUT2D eigenvalue weighted by Gasteiger charge is 2.23. The molecule has 1 aliphatic rings. The molecule has 0 spiro atoms. The summed E-state index contributed by atoms with van der Waals surface area (Å²) in [5.74, 6) is 0.471. The van der Waals surface area contributed by atoms with Crippen LogP contribution in [0.4, 0.5) is 5.69 Å². The number of Topliss-reactive ketones (excluding diaryl/α,β-unsaturated/α-hetero) is 1. The summed E-state index contributed by atoms with van der Waals surface area (Å²) in [6.45, 7) is 0. The molecule has 0 amide bonds. The van der Waals surface area contributed by atoms with E-state index in [4.69, 9.17) is 4.74 Å². The van der Waals surface area contributed by atoms with E-state index in [2.05, 4.69) is 4.72 Å². The monoisotopic (exact) mass is 395 g/mol. The predicted octanol–water partition coefficient (Wildman–Crippen LogP) is 2.38. The smallest absolute Gasteiger partial charge is 0.229 e. The Bertz CT molecular complexity index is 1090. The SMILES string of the molecule is CS(=O)(=O)Nc1cc2c(cc1Oc1ccc(S(C)(=O)=O)cc1)C(=O)CC2. The first-order chi connectivity index (χ1) is 12.0. The number of anilines is 1. The first kappa shape index (κ1) is 18.4. The van der Waals surface area contributed by atoms with Crippen LogP contribution < -0.4 is 9.46 Å². The molecule has 0 aliphatic heterocycles. The number of carbonyl (C=O) groups excluding carboxylic acids is 1. The molecule has 0 heterocycles. The molecule has 7 nitrogen and oxygen atoms in total. The molecule has 1 N–H and O–H groups in total. The van der Waals surface area contributed by atoms with Crippen LogP contribution in [0.5, 0.6) is 11.5 Å². The normalized spacial score (nSPS) is 14.2. The van der Waals surface area contributed by atoms with Crippen LogP contribution in [0.15, 0.2) is 41.3 Å². The largest absolute Gasteiger partial charge is 0.455 e. The van der Waals surface area contributed by atoms with Crippen LogP contribution in [0.25, 0.3) is 0 Å². The molecule has 1 aliphatic carbocycles. The van der Waals surface area contributed by atoms with Crippen molar-refractivity contribution in [2.24, 2.45) is 0 Å². The molecular formula is C17H17NO6S2. The van der Waals surface area contributed by atoms with Crippen LogP contribution in [0, 0.1) is 0 Å². The van der Waals surface area contributed by atoms with Gasteiger partial charge in [-0.3, -0.25) is 9.52 Å². The van der Waals surface area contributed by atoms with E-state index in [0.717, 1.165) is 18.1 Å². The van der Waals surface area contributed by atoms with Gasteiger partial charge >= 0.3 is 0 Å². The Labute approximate surface area is 152 Å². The summed E-state index contributed by atoms with van der Waals surface area (Å²) >= 11 is 0. The Morgan fingerprint density at radius 3 is 2.19 bits per heavy atom. The van der Waals surface area contributed by atoms with Crippen molar-refractivity contribution in [1.82, 2.24) is 0 Å². The molecule has 0 unspecified atom stereocenters. The van der Waals surface area contributed by atoms with Crippen molar-refractivity contribution in [2.75, 3.05) is 17.2 Å². The topological polar surface area (TPSA) is 107 Å². The second-order valence-corrected chi connectivity index (χ2v) is 9.91. The number of ether oxygens (including phenoxy) is 1. The molecule has 2 aromatic rings. The molecule has 0 bridgehead atoms. The van der Waals surface area contributed by atoms with E-state index in [9.17, 15) is 21.6 Å². The Hall–Kier alpha value is -2.39. The summed E-state index contributed by atoms with van der Waals surface area (Å²) in [4.78, 5) is 12.1. The van der Waals surface area contributed by atoms with Crippen molar-refractivity contribution in [2.45, 2.75) is 17.7 Å². The minimum atomic E-state index is -3.54. The number of benzene rings is 2. The van der Waals surface area contributed by atoms with Gasteiger partial charge in [-0.2, -0.15) is 0 Å². The average molecular weight is 395 g/mol. The van der Waals surface area contributed by atoms with Crippen LogP contribution in [0.2, 0.25) is 0 Å². The lowest BCUT2D eigenvalue weighted by atomic mass is 10.1. The van der Waals surface area contributed by atoms with E-state index in [1.165, 1.54) is 30.3 Å². The Morgan fingerprint density at radius 2 is 1.62 bits per heavy atom. The van der Waals surface area contributed by atoms with E-state index in [-0.39, 0.29) is 22.1 Å². The fraction of sp³-hybridized carbons (Fsp3) is 0.235. The number of hydrogen-bond donors (Lipinski definition) is 1. The van der Waals surface area contributed by atoms with Crippen molar-refractivity contribution >= 4 is 31.3 Å². The van der Waals surface area contributed by atoms with E-state index >= 15 is 0 Å². The summed E-state index contributed by atoms with van der Waals surface area (Å²) in [6.07, 6.45) is 3.05. The fourth-order valence-electron chi connectivity index (χ4n) is 2.72. The fourth-order valence-corrected chi connectivity index (χ4v) is 3.91. The predicted molar refractivity (Wildman–Crippen MR) is 97.2 cm³/mol. The lowest BCUT2D eigenvalue weighted by molar-refractivity contribution is 0.0994. The molecule has 26 heavy (non-hydrogen) atoms. The van der Waals surface area contributed by atoms with E-state index < -0.39 is 19.9 Å². The number of rotatable bonds is 5.